The van der Waals surface area contributed by atoms with Crippen molar-refractivity contribution in [1.82, 2.24) is 29.9 Å². The second-order valence-electron chi connectivity index (χ2n) is 7.29. The van der Waals surface area contributed by atoms with Crippen molar-refractivity contribution in [2.45, 2.75) is 57.9 Å². The maximum atomic E-state index is 12.3. The van der Waals surface area contributed by atoms with Gasteiger partial charge in [-0.05, 0) is 26.2 Å². The van der Waals surface area contributed by atoms with E-state index < -0.39 is 0 Å². The van der Waals surface area contributed by atoms with Crippen LogP contribution < -0.4 is 5.32 Å². The van der Waals surface area contributed by atoms with Gasteiger partial charge in [0.2, 0.25) is 5.89 Å². The molecule has 3 heterocycles. The largest absolute Gasteiger partial charge is 0.339 e. The third-order valence-corrected chi connectivity index (χ3v) is 4.98. The van der Waals surface area contributed by atoms with Crippen LogP contribution in [0, 0.1) is 0 Å². The number of aromatic nitrogens is 4. The van der Waals surface area contributed by atoms with E-state index in [1.54, 1.807) is 12.5 Å². The molecule has 142 valence electrons. The molecule has 1 aliphatic rings. The number of hydrogen-bond donors (Lipinski definition) is 1. The minimum atomic E-state index is 0.00896. The third-order valence-electron chi connectivity index (χ3n) is 4.98. The van der Waals surface area contributed by atoms with Gasteiger partial charge < -0.3 is 19.3 Å². The van der Waals surface area contributed by atoms with Crippen molar-refractivity contribution in [3.63, 3.8) is 0 Å². The van der Waals surface area contributed by atoms with Crippen molar-refractivity contribution in [1.29, 1.82) is 0 Å². The number of urea groups is 1. The van der Waals surface area contributed by atoms with Crippen LogP contribution >= 0.6 is 0 Å². The van der Waals surface area contributed by atoms with Gasteiger partial charge in [0.15, 0.2) is 5.82 Å². The molecule has 1 fully saturated rings. The molecule has 0 unspecified atom stereocenters. The lowest BCUT2D eigenvalue weighted by Gasteiger charge is -2.30. The normalized spacial score (nSPS) is 16.8. The first-order valence-corrected chi connectivity index (χ1v) is 9.38. The number of nitrogens with one attached hydrogen (secondary N) is 1. The van der Waals surface area contributed by atoms with Crippen LogP contribution in [0.2, 0.25) is 0 Å². The highest BCUT2D eigenvalue weighted by atomic mass is 16.5. The highest BCUT2D eigenvalue weighted by molar-refractivity contribution is 5.74. The molecule has 26 heavy (non-hydrogen) atoms. The maximum Gasteiger partial charge on any atom is 0.317 e. The molecule has 2 aromatic heterocycles. The minimum Gasteiger partial charge on any atom is -0.339 e. The van der Waals surface area contributed by atoms with Gasteiger partial charge in [-0.15, -0.1) is 0 Å². The topological polar surface area (TPSA) is 89.1 Å². The molecule has 2 aromatic rings. The van der Waals surface area contributed by atoms with Crippen molar-refractivity contribution in [3.8, 4) is 0 Å². The van der Waals surface area contributed by atoms with Crippen LogP contribution in [0.1, 0.15) is 69.6 Å². The van der Waals surface area contributed by atoms with Crippen LogP contribution in [0.25, 0.3) is 0 Å². The molecule has 1 aliphatic heterocycles. The Hall–Kier alpha value is -2.38. The van der Waals surface area contributed by atoms with Crippen LogP contribution in [-0.4, -0.2) is 50.3 Å². The molecule has 8 nitrogen and oxygen atoms in total. The van der Waals surface area contributed by atoms with E-state index in [2.05, 4.69) is 41.2 Å². The van der Waals surface area contributed by atoms with Gasteiger partial charge >= 0.3 is 6.03 Å². The fourth-order valence-electron chi connectivity index (χ4n) is 3.16. The summed E-state index contributed by atoms with van der Waals surface area (Å²) in [6, 6.07) is 0.325. The number of carbonyl (C=O) groups excluding carboxylic acids is 1. The number of hydrogen-bond acceptors (Lipinski definition) is 5. The Bertz CT molecular complexity index is 688. The van der Waals surface area contributed by atoms with Gasteiger partial charge in [0.05, 0.1) is 6.33 Å². The molecule has 0 saturated carbocycles. The third kappa shape index (κ3) is 4.42. The van der Waals surface area contributed by atoms with Crippen LogP contribution in [0.5, 0.6) is 0 Å². The van der Waals surface area contributed by atoms with Gasteiger partial charge in [-0.2, -0.15) is 4.98 Å². The Labute approximate surface area is 154 Å². The zero-order valence-electron chi connectivity index (χ0n) is 15.8. The molecule has 0 bridgehead atoms. The van der Waals surface area contributed by atoms with Crippen molar-refractivity contribution in [2.24, 2.45) is 0 Å². The summed E-state index contributed by atoms with van der Waals surface area (Å²) in [7, 11) is 0. The van der Waals surface area contributed by atoms with Gasteiger partial charge in [0.1, 0.15) is 0 Å². The zero-order chi connectivity index (χ0) is 18.5. The lowest BCUT2D eigenvalue weighted by Crippen LogP contribution is -2.44. The quantitative estimate of drug-likeness (QED) is 0.855. The molecule has 0 aliphatic carbocycles. The van der Waals surface area contributed by atoms with E-state index in [1.807, 2.05) is 15.7 Å². The summed E-state index contributed by atoms with van der Waals surface area (Å²) < 4.78 is 7.45. The van der Waals surface area contributed by atoms with Crippen molar-refractivity contribution >= 4 is 6.03 Å². The van der Waals surface area contributed by atoms with Gasteiger partial charge in [-0.25, -0.2) is 9.78 Å². The predicted molar refractivity (Wildman–Crippen MR) is 96.9 cm³/mol. The van der Waals surface area contributed by atoms with Gasteiger partial charge in [0.25, 0.3) is 0 Å². The molecule has 0 spiro atoms. The molecule has 3 rings (SSSR count). The van der Waals surface area contributed by atoms with Gasteiger partial charge in [-0.3, -0.25) is 0 Å². The van der Waals surface area contributed by atoms with Gasteiger partial charge in [-0.1, -0.05) is 19.0 Å². The van der Waals surface area contributed by atoms with Crippen molar-refractivity contribution < 1.29 is 9.32 Å². The Kier molecular flexibility index (Phi) is 5.90. The summed E-state index contributed by atoms with van der Waals surface area (Å²) >= 11 is 0. The monoisotopic (exact) mass is 360 g/mol. The standard InChI is InChI=1S/C18H28N6O2/c1-13(2)16-21-17(26-22-16)15-5-9-23(10-6-15)18(25)20-7-4-14(3)24-11-8-19-12-24/h8,11-15H,4-7,9-10H2,1-3H3,(H,20,25)/t14-/m0/s1. The van der Waals surface area contributed by atoms with Crippen LogP contribution in [-0.2, 0) is 0 Å². The average Bonchev–Trinajstić information content (AvgIpc) is 3.33. The molecule has 1 N–H and O–H groups in total. The van der Waals surface area contributed by atoms with Crippen molar-refractivity contribution in [2.75, 3.05) is 19.6 Å². The summed E-state index contributed by atoms with van der Waals surface area (Å²) in [5, 5.41) is 7.06. The molecular weight excluding hydrogens is 332 g/mol. The number of piperidine rings is 1. The summed E-state index contributed by atoms with van der Waals surface area (Å²) in [6.07, 6.45) is 8.11. The van der Waals surface area contributed by atoms with E-state index in [9.17, 15) is 4.79 Å². The number of carbonyl (C=O) groups is 1. The summed E-state index contributed by atoms with van der Waals surface area (Å²) in [5.41, 5.74) is 0. The second kappa shape index (κ2) is 8.33. The Morgan fingerprint density at radius 1 is 1.35 bits per heavy atom. The van der Waals surface area contributed by atoms with E-state index in [-0.39, 0.29) is 17.9 Å². The van der Waals surface area contributed by atoms with Crippen LogP contribution in [0.4, 0.5) is 4.79 Å². The average molecular weight is 360 g/mol. The number of imidazole rings is 1. The Morgan fingerprint density at radius 2 is 2.12 bits per heavy atom. The molecule has 1 saturated heterocycles. The number of nitrogens with zero attached hydrogens (tertiary/aromatic N) is 5. The minimum absolute atomic E-state index is 0.00896. The van der Waals surface area contributed by atoms with E-state index >= 15 is 0 Å². The molecule has 0 radical (unpaired) electrons. The Balaban J connectivity index is 1.40. The number of rotatable bonds is 6. The van der Waals surface area contributed by atoms with E-state index in [1.165, 1.54) is 0 Å². The molecule has 2 amide bonds. The van der Waals surface area contributed by atoms with Crippen molar-refractivity contribution in [3.05, 3.63) is 30.4 Å². The van der Waals surface area contributed by atoms with Crippen LogP contribution in [0.3, 0.4) is 0 Å². The second-order valence-corrected chi connectivity index (χ2v) is 7.29. The first-order chi connectivity index (χ1) is 12.5. The lowest BCUT2D eigenvalue weighted by atomic mass is 9.97. The van der Waals surface area contributed by atoms with E-state index in [4.69, 9.17) is 4.52 Å². The fourth-order valence-corrected chi connectivity index (χ4v) is 3.16. The highest BCUT2D eigenvalue weighted by Gasteiger charge is 2.27. The fraction of sp³-hybridized carbons (Fsp3) is 0.667. The van der Waals surface area contributed by atoms with E-state index in [0.717, 1.165) is 25.1 Å². The van der Waals surface area contributed by atoms with Crippen LogP contribution in [0.15, 0.2) is 23.2 Å². The highest BCUT2D eigenvalue weighted by Crippen LogP contribution is 2.27. The summed E-state index contributed by atoms with van der Waals surface area (Å²) in [6.45, 7) is 8.30. The molecule has 1 atom stereocenters. The predicted octanol–water partition coefficient (Wildman–Crippen LogP) is 2.93. The number of amides is 2. The smallest absolute Gasteiger partial charge is 0.317 e. The first-order valence-electron chi connectivity index (χ1n) is 9.38. The van der Waals surface area contributed by atoms with E-state index in [0.29, 0.717) is 31.6 Å². The number of likely N-dealkylation sites (tertiary alicyclic amines) is 1. The summed E-state index contributed by atoms with van der Waals surface area (Å²) in [4.78, 5) is 22.8. The molecule has 0 aromatic carbocycles. The first kappa shape index (κ1) is 18.4. The lowest BCUT2D eigenvalue weighted by molar-refractivity contribution is 0.175. The molecular formula is C18H28N6O2. The SMILES string of the molecule is CC(C)c1noc(C2CCN(C(=O)NCC[C@H](C)n3ccnc3)CC2)n1. The molecule has 8 heteroatoms. The summed E-state index contributed by atoms with van der Waals surface area (Å²) in [5.74, 6) is 1.98. The van der Waals surface area contributed by atoms with Gasteiger partial charge in [0, 0.05) is 49.9 Å². The Morgan fingerprint density at radius 3 is 2.73 bits per heavy atom. The zero-order valence-corrected chi connectivity index (χ0v) is 15.8. The maximum absolute atomic E-state index is 12.3.